The molecule has 0 aliphatic heterocycles. The number of hydrogen-bond acceptors (Lipinski definition) is 6. The van der Waals surface area contributed by atoms with E-state index >= 15 is 0 Å². The summed E-state index contributed by atoms with van der Waals surface area (Å²) in [7, 11) is -3.49. The smallest absolute Gasteiger partial charge is 0.344 e. The number of hydrogen-bond donors (Lipinski definition) is 1. The summed E-state index contributed by atoms with van der Waals surface area (Å²) in [5.41, 5.74) is 4.13. The van der Waals surface area contributed by atoms with Crippen molar-refractivity contribution >= 4 is 27.6 Å². The van der Waals surface area contributed by atoms with E-state index in [4.69, 9.17) is 9.47 Å². The summed E-state index contributed by atoms with van der Waals surface area (Å²) < 4.78 is 36.6. The highest BCUT2D eigenvalue weighted by Crippen LogP contribution is 2.29. The SMILES string of the molecule is CCOC(=O)COc1cccc(CCCN(CCC(c2ccccc2)c2ccccc2)C(=O)c2cccc(NS(C)(=O)=O)c2)c1. The highest BCUT2D eigenvalue weighted by atomic mass is 32.2. The second-order valence-electron chi connectivity index (χ2n) is 10.8. The summed E-state index contributed by atoms with van der Waals surface area (Å²) in [6, 6.07) is 34.7. The monoisotopic (exact) mass is 628 g/mol. The fourth-order valence-electron chi connectivity index (χ4n) is 5.22. The van der Waals surface area contributed by atoms with E-state index in [0.29, 0.717) is 56.0 Å². The van der Waals surface area contributed by atoms with E-state index in [0.717, 1.165) is 11.8 Å². The van der Waals surface area contributed by atoms with E-state index in [9.17, 15) is 18.0 Å². The van der Waals surface area contributed by atoms with Gasteiger partial charge in [0.2, 0.25) is 10.0 Å². The molecule has 1 N–H and O–H groups in total. The molecule has 0 bridgehead atoms. The second kappa shape index (κ2) is 16.4. The Hall–Kier alpha value is -4.63. The van der Waals surface area contributed by atoms with Crippen molar-refractivity contribution in [3.63, 3.8) is 0 Å². The molecule has 0 unspecified atom stereocenters. The predicted molar refractivity (Wildman–Crippen MR) is 177 cm³/mol. The molecule has 4 rings (SSSR count). The quantitative estimate of drug-likeness (QED) is 0.146. The first-order valence-corrected chi connectivity index (χ1v) is 17.0. The van der Waals surface area contributed by atoms with Crippen LogP contribution in [0.5, 0.6) is 5.75 Å². The Bertz CT molecular complexity index is 1610. The molecule has 0 aliphatic rings. The molecule has 9 heteroatoms. The molecular weight excluding hydrogens is 588 g/mol. The van der Waals surface area contributed by atoms with E-state index in [-0.39, 0.29) is 18.4 Å². The van der Waals surface area contributed by atoms with Crippen LogP contribution in [0.4, 0.5) is 5.69 Å². The molecule has 1 amide bonds. The van der Waals surface area contributed by atoms with Crippen LogP contribution in [0.15, 0.2) is 109 Å². The number of carbonyl (C=O) groups is 2. The van der Waals surface area contributed by atoms with Gasteiger partial charge in [0.25, 0.3) is 5.91 Å². The Balaban J connectivity index is 1.51. The molecule has 0 saturated heterocycles. The number of rotatable bonds is 16. The summed E-state index contributed by atoms with van der Waals surface area (Å²) in [6.45, 7) is 2.88. The minimum absolute atomic E-state index is 0.0918. The van der Waals surface area contributed by atoms with Crippen LogP contribution in [-0.2, 0) is 26.0 Å². The third kappa shape index (κ3) is 10.8. The number of esters is 1. The molecular formula is C36H40N2O6S. The van der Waals surface area contributed by atoms with Gasteiger partial charge in [0.1, 0.15) is 5.75 Å². The molecule has 4 aromatic rings. The van der Waals surface area contributed by atoms with Gasteiger partial charge in [0.05, 0.1) is 12.9 Å². The molecule has 4 aromatic carbocycles. The largest absolute Gasteiger partial charge is 0.482 e. The lowest BCUT2D eigenvalue weighted by Gasteiger charge is -2.26. The number of benzene rings is 4. The van der Waals surface area contributed by atoms with Crippen LogP contribution in [0.2, 0.25) is 0 Å². The highest BCUT2D eigenvalue weighted by molar-refractivity contribution is 7.92. The number of amides is 1. The lowest BCUT2D eigenvalue weighted by molar-refractivity contribution is -0.145. The average Bonchev–Trinajstić information content (AvgIpc) is 3.03. The Morgan fingerprint density at radius 2 is 1.49 bits per heavy atom. The Morgan fingerprint density at radius 3 is 2.13 bits per heavy atom. The number of aryl methyl sites for hydroxylation is 1. The second-order valence-corrected chi connectivity index (χ2v) is 12.5. The minimum atomic E-state index is -3.49. The minimum Gasteiger partial charge on any atom is -0.482 e. The molecule has 8 nitrogen and oxygen atoms in total. The van der Waals surface area contributed by atoms with Crippen LogP contribution in [0.25, 0.3) is 0 Å². The molecule has 0 atom stereocenters. The van der Waals surface area contributed by atoms with Crippen LogP contribution in [-0.4, -0.2) is 57.8 Å². The number of sulfonamides is 1. The van der Waals surface area contributed by atoms with Gasteiger partial charge in [-0.1, -0.05) is 78.9 Å². The molecule has 0 heterocycles. The van der Waals surface area contributed by atoms with Gasteiger partial charge in [-0.15, -0.1) is 0 Å². The first-order chi connectivity index (χ1) is 21.7. The van der Waals surface area contributed by atoms with Gasteiger partial charge in [-0.2, -0.15) is 0 Å². The summed E-state index contributed by atoms with van der Waals surface area (Å²) in [5.74, 6) is 0.0853. The summed E-state index contributed by atoms with van der Waals surface area (Å²) >= 11 is 0. The predicted octanol–water partition coefficient (Wildman–Crippen LogP) is 6.30. The van der Waals surface area contributed by atoms with Crippen molar-refractivity contribution in [1.82, 2.24) is 4.90 Å². The Morgan fingerprint density at radius 1 is 0.822 bits per heavy atom. The zero-order chi connectivity index (χ0) is 32.1. The standard InChI is InChI=1S/C36H40N2O6S/c1-3-43-35(39)27-44-33-21-10-13-28(25-33)14-12-23-38(36(40)31-19-11-20-32(26-31)37-45(2,41)42)24-22-34(29-15-6-4-7-16-29)30-17-8-5-9-18-30/h4-11,13,15-21,25-26,34,37H,3,12,14,22-24,27H2,1-2H3. The normalized spacial score (nSPS) is 11.2. The summed E-state index contributed by atoms with van der Waals surface area (Å²) in [6.07, 6.45) is 3.17. The molecule has 0 spiro atoms. The van der Waals surface area contributed by atoms with E-state index in [1.165, 1.54) is 11.1 Å². The number of anilines is 1. The molecule has 45 heavy (non-hydrogen) atoms. The molecule has 0 radical (unpaired) electrons. The van der Waals surface area contributed by atoms with E-state index in [2.05, 4.69) is 29.0 Å². The molecule has 0 saturated carbocycles. The average molecular weight is 629 g/mol. The van der Waals surface area contributed by atoms with Crippen LogP contribution >= 0.6 is 0 Å². The van der Waals surface area contributed by atoms with Crippen molar-refractivity contribution in [2.75, 3.05) is 37.3 Å². The van der Waals surface area contributed by atoms with Gasteiger partial charge < -0.3 is 14.4 Å². The molecule has 0 aliphatic carbocycles. The van der Waals surface area contributed by atoms with Gasteiger partial charge in [0, 0.05) is 30.3 Å². The topological polar surface area (TPSA) is 102 Å². The zero-order valence-electron chi connectivity index (χ0n) is 25.7. The summed E-state index contributed by atoms with van der Waals surface area (Å²) in [4.78, 5) is 27.5. The lowest BCUT2D eigenvalue weighted by Crippen LogP contribution is -2.34. The van der Waals surface area contributed by atoms with Crippen molar-refractivity contribution in [3.8, 4) is 5.75 Å². The van der Waals surface area contributed by atoms with Crippen molar-refractivity contribution in [2.45, 2.75) is 32.1 Å². The van der Waals surface area contributed by atoms with Crippen molar-refractivity contribution in [3.05, 3.63) is 131 Å². The molecule has 236 valence electrons. The maximum Gasteiger partial charge on any atom is 0.344 e. The third-order valence-corrected chi connectivity index (χ3v) is 7.85. The van der Waals surface area contributed by atoms with Gasteiger partial charge >= 0.3 is 5.97 Å². The zero-order valence-corrected chi connectivity index (χ0v) is 26.5. The van der Waals surface area contributed by atoms with E-state index in [1.807, 2.05) is 59.5 Å². The molecule has 0 fully saturated rings. The van der Waals surface area contributed by atoms with Crippen molar-refractivity contribution in [2.24, 2.45) is 0 Å². The first kappa shape index (κ1) is 33.3. The third-order valence-electron chi connectivity index (χ3n) is 7.25. The Labute approximate surface area is 266 Å². The Kier molecular flexibility index (Phi) is 12.2. The number of ether oxygens (including phenoxy) is 2. The van der Waals surface area contributed by atoms with Gasteiger partial charge in [-0.05, 0) is 73.2 Å². The lowest BCUT2D eigenvalue weighted by atomic mass is 9.88. The number of nitrogens with one attached hydrogen (secondary N) is 1. The number of nitrogens with zero attached hydrogens (tertiary/aromatic N) is 1. The van der Waals surface area contributed by atoms with Gasteiger partial charge in [-0.3, -0.25) is 9.52 Å². The van der Waals surface area contributed by atoms with Crippen molar-refractivity contribution in [1.29, 1.82) is 0 Å². The van der Waals surface area contributed by atoms with Crippen LogP contribution in [0, 0.1) is 0 Å². The van der Waals surface area contributed by atoms with E-state index < -0.39 is 16.0 Å². The molecule has 0 aromatic heterocycles. The highest BCUT2D eigenvalue weighted by Gasteiger charge is 2.21. The maximum absolute atomic E-state index is 13.9. The fraction of sp³-hybridized carbons (Fsp3) is 0.278. The van der Waals surface area contributed by atoms with E-state index in [1.54, 1.807) is 37.3 Å². The van der Waals surface area contributed by atoms with Crippen LogP contribution in [0.3, 0.4) is 0 Å². The maximum atomic E-state index is 13.9. The van der Waals surface area contributed by atoms with Gasteiger partial charge in [-0.25, -0.2) is 13.2 Å². The van der Waals surface area contributed by atoms with Crippen LogP contribution < -0.4 is 9.46 Å². The van der Waals surface area contributed by atoms with Crippen molar-refractivity contribution < 1.29 is 27.5 Å². The summed E-state index contributed by atoms with van der Waals surface area (Å²) in [5, 5.41) is 0. The van der Waals surface area contributed by atoms with Crippen LogP contribution in [0.1, 0.15) is 52.7 Å². The fourth-order valence-corrected chi connectivity index (χ4v) is 5.77. The first-order valence-electron chi connectivity index (χ1n) is 15.1. The number of carbonyl (C=O) groups excluding carboxylic acids is 2. The van der Waals surface area contributed by atoms with Gasteiger partial charge in [0.15, 0.2) is 6.61 Å².